The molecule has 3 fully saturated rings. The first-order valence-electron chi connectivity index (χ1n) is 12.7. The zero-order valence-electron chi connectivity index (χ0n) is 21.2. The standard InChI is InChI=1S/C28H32ClN3O5/c1-16-9-7-12-19(29)22(16)31-25(35)23-28-15-17(2)27(3,37-28)20(21(28)26(36)32(23)13-8-14-33)24(34)30-18-10-5-4-6-11-18/h4-7,9-12,17,20-21,23,33H,8,13-15H2,1-3H3,(H,30,34)(H,31,35)/t17?,20-,21-,23?,27+,28?/m0/s1. The van der Waals surface area contributed by atoms with Gasteiger partial charge in [-0.25, -0.2) is 0 Å². The fourth-order valence-corrected chi connectivity index (χ4v) is 6.91. The molecule has 9 heteroatoms. The van der Waals surface area contributed by atoms with E-state index in [0.717, 1.165) is 5.56 Å². The molecular weight excluding hydrogens is 494 g/mol. The van der Waals surface area contributed by atoms with Gasteiger partial charge in [0.15, 0.2) is 0 Å². The second-order valence-electron chi connectivity index (χ2n) is 10.6. The summed E-state index contributed by atoms with van der Waals surface area (Å²) in [7, 11) is 0. The van der Waals surface area contributed by atoms with Gasteiger partial charge in [0, 0.05) is 18.8 Å². The van der Waals surface area contributed by atoms with E-state index in [1.165, 1.54) is 4.90 Å². The van der Waals surface area contributed by atoms with Crippen LogP contribution < -0.4 is 10.6 Å². The van der Waals surface area contributed by atoms with E-state index in [9.17, 15) is 19.5 Å². The number of benzene rings is 2. The summed E-state index contributed by atoms with van der Waals surface area (Å²) in [6, 6.07) is 13.5. The van der Waals surface area contributed by atoms with Crippen LogP contribution in [0, 0.1) is 24.7 Å². The molecule has 2 aromatic carbocycles. The zero-order valence-corrected chi connectivity index (χ0v) is 21.9. The summed E-state index contributed by atoms with van der Waals surface area (Å²) in [5.41, 5.74) is -0.182. The maximum atomic E-state index is 14.0. The maximum absolute atomic E-state index is 14.0. The highest BCUT2D eigenvalue weighted by Crippen LogP contribution is 2.65. The van der Waals surface area contributed by atoms with Gasteiger partial charge in [0.25, 0.3) is 0 Å². The molecule has 196 valence electrons. The summed E-state index contributed by atoms with van der Waals surface area (Å²) in [5.74, 6) is -2.68. The van der Waals surface area contributed by atoms with Crippen molar-refractivity contribution in [2.75, 3.05) is 23.8 Å². The van der Waals surface area contributed by atoms with Crippen molar-refractivity contribution in [1.82, 2.24) is 4.90 Å². The first-order valence-corrected chi connectivity index (χ1v) is 13.0. The zero-order chi connectivity index (χ0) is 26.5. The topological polar surface area (TPSA) is 108 Å². The summed E-state index contributed by atoms with van der Waals surface area (Å²) < 4.78 is 6.69. The number of rotatable bonds is 7. The molecule has 2 bridgehead atoms. The molecule has 6 atom stereocenters. The normalized spacial score (nSPS) is 31.9. The minimum absolute atomic E-state index is 0.0711. The fourth-order valence-electron chi connectivity index (χ4n) is 6.64. The number of para-hydroxylation sites is 2. The van der Waals surface area contributed by atoms with Crippen molar-refractivity contribution in [2.24, 2.45) is 17.8 Å². The van der Waals surface area contributed by atoms with Crippen LogP contribution in [0.4, 0.5) is 11.4 Å². The number of halogens is 1. The number of aryl methyl sites for hydroxylation is 1. The predicted octanol–water partition coefficient (Wildman–Crippen LogP) is 3.62. The molecule has 0 aliphatic carbocycles. The second kappa shape index (κ2) is 9.42. The predicted molar refractivity (Wildman–Crippen MR) is 140 cm³/mol. The molecule has 0 radical (unpaired) electrons. The van der Waals surface area contributed by atoms with Crippen molar-refractivity contribution >= 4 is 40.7 Å². The number of amides is 3. The molecule has 5 rings (SSSR count). The maximum Gasteiger partial charge on any atom is 0.250 e. The third kappa shape index (κ3) is 3.93. The van der Waals surface area contributed by atoms with E-state index in [-0.39, 0.29) is 30.9 Å². The number of aliphatic hydroxyl groups is 1. The molecule has 2 aromatic rings. The van der Waals surface area contributed by atoms with Crippen molar-refractivity contribution in [1.29, 1.82) is 0 Å². The van der Waals surface area contributed by atoms with E-state index in [1.807, 2.05) is 45.0 Å². The summed E-state index contributed by atoms with van der Waals surface area (Å²) >= 11 is 6.39. The van der Waals surface area contributed by atoms with E-state index in [1.54, 1.807) is 24.3 Å². The van der Waals surface area contributed by atoms with Crippen LogP contribution >= 0.6 is 11.6 Å². The van der Waals surface area contributed by atoms with E-state index >= 15 is 0 Å². The number of nitrogens with one attached hydrogen (secondary N) is 2. The molecule has 3 aliphatic rings. The molecule has 8 nitrogen and oxygen atoms in total. The first-order chi connectivity index (χ1) is 17.6. The Kier molecular flexibility index (Phi) is 6.54. The minimum atomic E-state index is -1.17. The quantitative estimate of drug-likeness (QED) is 0.512. The Hall–Kier alpha value is -2.94. The van der Waals surface area contributed by atoms with Crippen LogP contribution in [0.3, 0.4) is 0 Å². The third-order valence-electron chi connectivity index (χ3n) is 8.41. The van der Waals surface area contributed by atoms with Crippen molar-refractivity contribution in [3.8, 4) is 0 Å². The monoisotopic (exact) mass is 525 g/mol. The number of ether oxygens (including phenoxy) is 1. The minimum Gasteiger partial charge on any atom is -0.396 e. The van der Waals surface area contributed by atoms with Crippen molar-refractivity contribution < 1.29 is 24.2 Å². The molecule has 3 saturated heterocycles. The number of hydrogen-bond donors (Lipinski definition) is 3. The number of aliphatic hydroxyl groups excluding tert-OH is 1. The molecule has 37 heavy (non-hydrogen) atoms. The summed E-state index contributed by atoms with van der Waals surface area (Å²) in [4.78, 5) is 43.1. The number of fused-ring (bicyclic) bond motifs is 1. The SMILES string of the molecule is Cc1cccc(Cl)c1NC(=O)C1N(CCCO)C(=O)[C@@H]2[C@@H](C(=O)Nc3ccccc3)[C@]3(C)OC12CC3C. The van der Waals surface area contributed by atoms with E-state index < -0.39 is 35.0 Å². The van der Waals surface area contributed by atoms with Gasteiger partial charge < -0.3 is 25.4 Å². The number of likely N-dealkylation sites (tertiary alicyclic amines) is 1. The molecule has 3 heterocycles. The Bertz CT molecular complexity index is 1220. The van der Waals surface area contributed by atoms with Gasteiger partial charge in [-0.05, 0) is 56.4 Å². The summed E-state index contributed by atoms with van der Waals surface area (Å²) in [5, 5.41) is 15.8. The molecule has 0 saturated carbocycles. The summed E-state index contributed by atoms with van der Waals surface area (Å²) in [6.07, 6.45) is 0.765. The number of hydrogen-bond acceptors (Lipinski definition) is 5. The Morgan fingerprint density at radius 2 is 1.86 bits per heavy atom. The summed E-state index contributed by atoms with van der Waals surface area (Å²) in [6.45, 7) is 5.76. The highest BCUT2D eigenvalue weighted by Gasteiger charge is 2.79. The van der Waals surface area contributed by atoms with Crippen molar-refractivity contribution in [3.63, 3.8) is 0 Å². The molecule has 3 aliphatic heterocycles. The first kappa shape index (κ1) is 25.7. The molecule has 3 N–H and O–H groups in total. The second-order valence-corrected chi connectivity index (χ2v) is 11.0. The van der Waals surface area contributed by atoms with Gasteiger partial charge in [0.05, 0.1) is 28.1 Å². The number of carbonyl (C=O) groups is 3. The van der Waals surface area contributed by atoms with Gasteiger partial charge in [0.2, 0.25) is 17.7 Å². The van der Waals surface area contributed by atoms with E-state index in [0.29, 0.717) is 29.2 Å². The smallest absolute Gasteiger partial charge is 0.250 e. The number of nitrogens with zero attached hydrogens (tertiary/aromatic N) is 1. The van der Waals surface area contributed by atoms with Gasteiger partial charge >= 0.3 is 0 Å². The molecular formula is C28H32ClN3O5. The number of carbonyl (C=O) groups excluding carboxylic acids is 3. The highest BCUT2D eigenvalue weighted by molar-refractivity contribution is 6.34. The molecule has 3 amide bonds. The lowest BCUT2D eigenvalue weighted by atomic mass is 9.62. The van der Waals surface area contributed by atoms with Gasteiger partial charge in [-0.1, -0.05) is 48.9 Å². The van der Waals surface area contributed by atoms with Crippen LogP contribution in [0.25, 0.3) is 0 Å². The molecule has 0 aromatic heterocycles. The van der Waals surface area contributed by atoms with Crippen LogP contribution in [-0.4, -0.2) is 58.1 Å². The van der Waals surface area contributed by atoms with Crippen LogP contribution in [0.2, 0.25) is 5.02 Å². The Labute approximate surface area is 221 Å². The lowest BCUT2D eigenvalue weighted by Crippen LogP contribution is -2.54. The van der Waals surface area contributed by atoms with Gasteiger partial charge in [0.1, 0.15) is 11.6 Å². The van der Waals surface area contributed by atoms with Gasteiger partial charge in [-0.15, -0.1) is 0 Å². The molecule has 3 unspecified atom stereocenters. The fraction of sp³-hybridized carbons (Fsp3) is 0.464. The van der Waals surface area contributed by atoms with E-state index in [2.05, 4.69) is 10.6 Å². The lowest BCUT2D eigenvalue weighted by Gasteiger charge is -2.36. The average molecular weight is 526 g/mol. The van der Waals surface area contributed by atoms with Crippen LogP contribution in [-0.2, 0) is 19.1 Å². The van der Waals surface area contributed by atoms with Crippen LogP contribution in [0.5, 0.6) is 0 Å². The average Bonchev–Trinajstić information content (AvgIpc) is 3.37. The highest BCUT2D eigenvalue weighted by atomic mass is 35.5. The van der Waals surface area contributed by atoms with Gasteiger partial charge in [-0.2, -0.15) is 0 Å². The number of anilines is 2. The largest absolute Gasteiger partial charge is 0.396 e. The van der Waals surface area contributed by atoms with Gasteiger partial charge in [-0.3, -0.25) is 14.4 Å². The lowest BCUT2D eigenvalue weighted by molar-refractivity contribution is -0.144. The Balaban J connectivity index is 1.54. The third-order valence-corrected chi connectivity index (χ3v) is 8.73. The van der Waals surface area contributed by atoms with Crippen LogP contribution in [0.15, 0.2) is 48.5 Å². The van der Waals surface area contributed by atoms with Crippen LogP contribution in [0.1, 0.15) is 32.3 Å². The van der Waals surface area contributed by atoms with Crippen molar-refractivity contribution in [3.05, 3.63) is 59.1 Å². The molecule has 1 spiro atoms. The Morgan fingerprint density at radius 3 is 2.54 bits per heavy atom. The Morgan fingerprint density at radius 1 is 1.14 bits per heavy atom. The van der Waals surface area contributed by atoms with E-state index in [4.69, 9.17) is 16.3 Å². The van der Waals surface area contributed by atoms with Crippen molar-refractivity contribution in [2.45, 2.75) is 50.9 Å².